The molecule has 2 atom stereocenters. The largest absolute Gasteiger partial charge is 0.489 e. The first kappa shape index (κ1) is 20.5. The Bertz CT molecular complexity index is 1040. The monoisotopic (exact) mass is 465 g/mol. The Kier molecular flexibility index (Phi) is 5.56. The van der Waals surface area contributed by atoms with E-state index < -0.39 is 16.9 Å². The van der Waals surface area contributed by atoms with Gasteiger partial charge in [-0.25, -0.2) is 0 Å². The van der Waals surface area contributed by atoms with Gasteiger partial charge in [0.1, 0.15) is 17.8 Å². The fourth-order valence-corrected chi connectivity index (χ4v) is 4.79. The Morgan fingerprint density at radius 2 is 1.97 bits per heavy atom. The Labute approximate surface area is 185 Å². The zero-order chi connectivity index (χ0) is 21.2. The lowest BCUT2D eigenvalue weighted by atomic mass is 9.61. The first-order chi connectivity index (χ1) is 14.5. The lowest BCUT2D eigenvalue weighted by Gasteiger charge is -2.46. The third kappa shape index (κ3) is 3.47. The fourth-order valence-electron chi connectivity index (χ4n) is 4.43. The van der Waals surface area contributed by atoms with E-state index in [9.17, 15) is 9.90 Å². The van der Waals surface area contributed by atoms with Gasteiger partial charge in [0.25, 0.3) is 0 Å². The number of aliphatic carboxylic acids is 1. The molecular weight excluding hydrogens is 442 g/mol. The van der Waals surface area contributed by atoms with Crippen LogP contribution in [-0.2, 0) is 16.9 Å². The number of nitrogens with one attached hydrogen (secondary N) is 1. The van der Waals surface area contributed by atoms with Crippen LogP contribution in [0, 0.1) is 5.41 Å². The van der Waals surface area contributed by atoms with Gasteiger partial charge in [0, 0.05) is 15.7 Å². The van der Waals surface area contributed by atoms with Crippen LogP contribution in [-0.4, -0.2) is 11.1 Å². The maximum absolute atomic E-state index is 12.7. The highest BCUT2D eigenvalue weighted by Crippen LogP contribution is 2.53. The van der Waals surface area contributed by atoms with Gasteiger partial charge in [0.05, 0.1) is 5.54 Å². The van der Waals surface area contributed by atoms with Crippen LogP contribution in [0.4, 0.5) is 0 Å². The second kappa shape index (κ2) is 8.15. The Hall–Kier alpha value is -2.79. The minimum absolute atomic E-state index is 0.400. The quantitative estimate of drug-likeness (QED) is 0.573. The van der Waals surface area contributed by atoms with Crippen LogP contribution in [0.15, 0.2) is 89.1 Å². The summed E-state index contributed by atoms with van der Waals surface area (Å²) in [7, 11) is 0. The molecule has 1 heterocycles. The van der Waals surface area contributed by atoms with Crippen molar-refractivity contribution in [3.63, 3.8) is 0 Å². The number of carbonyl (C=O) groups is 1. The van der Waals surface area contributed by atoms with Gasteiger partial charge in [0.15, 0.2) is 0 Å². The number of ether oxygens (including phenoxy) is 1. The third-order valence-electron chi connectivity index (χ3n) is 5.97. The van der Waals surface area contributed by atoms with Crippen LogP contribution >= 0.6 is 15.9 Å². The normalized spacial score (nSPS) is 24.9. The van der Waals surface area contributed by atoms with E-state index in [1.54, 1.807) is 0 Å². The Morgan fingerprint density at radius 3 is 2.60 bits per heavy atom. The molecule has 0 bridgehead atoms. The third-order valence-corrected chi connectivity index (χ3v) is 6.47. The number of benzene rings is 2. The number of halogens is 1. The summed E-state index contributed by atoms with van der Waals surface area (Å²) in [4.78, 5) is 12.7. The van der Waals surface area contributed by atoms with E-state index in [1.807, 2.05) is 79.8 Å². The molecule has 1 aliphatic heterocycles. The van der Waals surface area contributed by atoms with Crippen LogP contribution in [0.2, 0.25) is 0 Å². The Balaban J connectivity index is 1.82. The second-order valence-corrected chi connectivity index (χ2v) is 8.72. The summed E-state index contributed by atoms with van der Waals surface area (Å²) in [5.74, 6) is -0.172. The molecule has 5 heteroatoms. The van der Waals surface area contributed by atoms with Crippen molar-refractivity contribution in [2.75, 3.05) is 0 Å². The molecule has 0 saturated carbocycles. The van der Waals surface area contributed by atoms with Crippen molar-refractivity contribution in [1.29, 1.82) is 0 Å². The zero-order valence-electron chi connectivity index (χ0n) is 16.8. The van der Waals surface area contributed by atoms with Gasteiger partial charge < -0.3 is 15.2 Å². The van der Waals surface area contributed by atoms with Gasteiger partial charge in [-0.3, -0.25) is 4.79 Å². The predicted octanol–water partition coefficient (Wildman–Crippen LogP) is 5.71. The number of hydrogen-bond acceptors (Lipinski definition) is 3. The molecule has 4 nitrogen and oxygen atoms in total. The maximum Gasteiger partial charge on any atom is 0.316 e. The minimum Gasteiger partial charge on any atom is -0.489 e. The molecule has 0 amide bonds. The van der Waals surface area contributed by atoms with Crippen LogP contribution in [0.25, 0.3) is 0 Å². The summed E-state index contributed by atoms with van der Waals surface area (Å²) in [5.41, 5.74) is 0.861. The lowest BCUT2D eigenvalue weighted by Crippen LogP contribution is -2.56. The lowest BCUT2D eigenvalue weighted by molar-refractivity contribution is -0.150. The molecule has 2 aliphatic rings. The van der Waals surface area contributed by atoms with Crippen molar-refractivity contribution < 1.29 is 14.6 Å². The summed E-state index contributed by atoms with van der Waals surface area (Å²) in [6.45, 7) is 2.38. The molecule has 2 aromatic rings. The molecule has 0 aromatic heterocycles. The average molecular weight is 466 g/mol. The number of hydrogen-bond donors (Lipinski definition) is 2. The maximum atomic E-state index is 12.7. The first-order valence-electron chi connectivity index (χ1n) is 9.96. The second-order valence-electron chi connectivity index (χ2n) is 7.80. The molecular formula is C25H24BrNO3. The molecule has 2 N–H and O–H groups in total. The average Bonchev–Trinajstić information content (AvgIpc) is 3.17. The molecule has 0 spiro atoms. The molecule has 30 heavy (non-hydrogen) atoms. The van der Waals surface area contributed by atoms with Gasteiger partial charge in [-0.05, 0) is 43.5 Å². The highest BCUT2D eigenvalue weighted by Gasteiger charge is 2.58. The molecule has 0 fully saturated rings. The molecule has 2 unspecified atom stereocenters. The van der Waals surface area contributed by atoms with Crippen molar-refractivity contribution >= 4 is 21.9 Å². The fraction of sp³-hybridized carbons (Fsp3) is 0.240. The van der Waals surface area contributed by atoms with Gasteiger partial charge in [-0.2, -0.15) is 0 Å². The summed E-state index contributed by atoms with van der Waals surface area (Å²) in [6, 6.07) is 15.8. The van der Waals surface area contributed by atoms with E-state index >= 15 is 0 Å². The predicted molar refractivity (Wildman–Crippen MR) is 121 cm³/mol. The summed E-state index contributed by atoms with van der Waals surface area (Å²) >= 11 is 3.58. The summed E-state index contributed by atoms with van der Waals surface area (Å²) in [5, 5.41) is 14.0. The van der Waals surface area contributed by atoms with Gasteiger partial charge in [-0.1, -0.05) is 76.6 Å². The van der Waals surface area contributed by atoms with Gasteiger partial charge in [-0.15, -0.1) is 0 Å². The first-order valence-corrected chi connectivity index (χ1v) is 10.8. The van der Waals surface area contributed by atoms with Crippen molar-refractivity contribution in [3.05, 3.63) is 100 Å². The topological polar surface area (TPSA) is 58.6 Å². The van der Waals surface area contributed by atoms with E-state index in [-0.39, 0.29) is 0 Å². The van der Waals surface area contributed by atoms with E-state index in [0.717, 1.165) is 21.3 Å². The van der Waals surface area contributed by atoms with Gasteiger partial charge >= 0.3 is 5.97 Å². The van der Waals surface area contributed by atoms with E-state index in [1.165, 1.54) is 0 Å². The number of rotatable bonds is 6. The van der Waals surface area contributed by atoms with Crippen molar-refractivity contribution in [2.24, 2.45) is 5.41 Å². The molecule has 0 saturated heterocycles. The summed E-state index contributed by atoms with van der Waals surface area (Å²) < 4.78 is 7.13. The van der Waals surface area contributed by atoms with Crippen molar-refractivity contribution in [1.82, 2.24) is 5.32 Å². The number of carboxylic acid groups (broad SMARTS) is 1. The smallest absolute Gasteiger partial charge is 0.316 e. The number of carboxylic acids is 1. The standard InChI is InChI=1S/C25H24BrNO3/c1-18-12-15-25(27-18,24(23(28)29)13-6-3-7-14-24)21-16-20(26)10-11-22(21)30-17-19-8-4-2-5-9-19/h2-13,16,27H,14-15,17H2,1H3,(H,28,29). The molecule has 0 radical (unpaired) electrons. The van der Waals surface area contributed by atoms with Crippen molar-refractivity contribution in [2.45, 2.75) is 31.9 Å². The van der Waals surface area contributed by atoms with Crippen molar-refractivity contribution in [3.8, 4) is 5.75 Å². The highest BCUT2D eigenvalue weighted by atomic mass is 79.9. The van der Waals surface area contributed by atoms with Gasteiger partial charge in [0.2, 0.25) is 0 Å². The van der Waals surface area contributed by atoms with Crippen LogP contribution in [0.1, 0.15) is 30.9 Å². The van der Waals surface area contributed by atoms with Crippen LogP contribution in [0.3, 0.4) is 0 Å². The SMILES string of the molecule is CC1=CCC(c2cc(Br)ccc2OCc2ccccc2)(C2(C(=O)O)C=CC=CC2)N1. The highest BCUT2D eigenvalue weighted by molar-refractivity contribution is 9.10. The number of allylic oxidation sites excluding steroid dienone is 4. The Morgan fingerprint density at radius 1 is 1.17 bits per heavy atom. The molecule has 1 aliphatic carbocycles. The summed E-state index contributed by atoms with van der Waals surface area (Å²) in [6.07, 6.45) is 10.5. The van der Waals surface area contributed by atoms with Crippen LogP contribution in [0.5, 0.6) is 5.75 Å². The van der Waals surface area contributed by atoms with Crippen LogP contribution < -0.4 is 10.1 Å². The van der Waals surface area contributed by atoms with E-state index in [2.05, 4.69) is 27.3 Å². The minimum atomic E-state index is -1.14. The van der Waals surface area contributed by atoms with E-state index in [0.29, 0.717) is 25.2 Å². The molecule has 2 aromatic carbocycles. The van der Waals surface area contributed by atoms with E-state index in [4.69, 9.17) is 4.74 Å². The molecule has 154 valence electrons. The molecule has 4 rings (SSSR count). The zero-order valence-corrected chi connectivity index (χ0v) is 18.4.